The molecular formula is C20H26N4O4S. The molecule has 8 nitrogen and oxygen atoms in total. The average Bonchev–Trinajstić information content (AvgIpc) is 2.94. The monoisotopic (exact) mass is 418 g/mol. The van der Waals surface area contributed by atoms with E-state index in [2.05, 4.69) is 10.4 Å². The molecule has 1 aliphatic heterocycles. The zero-order chi connectivity index (χ0) is 21.3. The molecule has 1 fully saturated rings. The SMILES string of the molecule is CC(=O)c1cccc(S(=O)(=O)N2CCC(C(=O)Nc3c(C)nn(C)c3C)CC2)c1. The van der Waals surface area contributed by atoms with E-state index in [9.17, 15) is 18.0 Å². The van der Waals surface area contributed by atoms with Gasteiger partial charge in [0.05, 0.1) is 22.0 Å². The van der Waals surface area contributed by atoms with Crippen molar-refractivity contribution in [2.45, 2.75) is 38.5 Å². The molecule has 1 aromatic heterocycles. The Hall–Kier alpha value is -2.52. The number of carbonyl (C=O) groups excluding carboxylic acids is 2. The lowest BCUT2D eigenvalue weighted by atomic mass is 9.97. The van der Waals surface area contributed by atoms with Gasteiger partial charge in [-0.15, -0.1) is 0 Å². The van der Waals surface area contributed by atoms with Crippen LogP contribution in [0.4, 0.5) is 5.69 Å². The first kappa shape index (κ1) is 21.2. The summed E-state index contributed by atoms with van der Waals surface area (Å²) in [7, 11) is -1.88. The molecule has 0 unspecified atom stereocenters. The van der Waals surface area contributed by atoms with E-state index in [-0.39, 0.29) is 35.6 Å². The Labute approximate surface area is 170 Å². The van der Waals surface area contributed by atoms with E-state index < -0.39 is 10.0 Å². The second-order valence-corrected chi connectivity index (χ2v) is 9.36. The van der Waals surface area contributed by atoms with Crippen LogP contribution in [-0.2, 0) is 21.9 Å². The number of rotatable bonds is 5. The van der Waals surface area contributed by atoms with Gasteiger partial charge < -0.3 is 5.32 Å². The fourth-order valence-electron chi connectivity index (χ4n) is 3.56. The molecule has 1 amide bonds. The van der Waals surface area contributed by atoms with E-state index in [1.54, 1.807) is 16.8 Å². The Morgan fingerprint density at radius 3 is 2.38 bits per heavy atom. The minimum absolute atomic E-state index is 0.106. The molecule has 156 valence electrons. The van der Waals surface area contributed by atoms with Gasteiger partial charge in [0.1, 0.15) is 0 Å². The number of sulfonamides is 1. The van der Waals surface area contributed by atoms with Gasteiger partial charge in [-0.05, 0) is 45.7 Å². The van der Waals surface area contributed by atoms with Gasteiger partial charge in [-0.3, -0.25) is 14.3 Å². The summed E-state index contributed by atoms with van der Waals surface area (Å²) in [6.45, 7) is 5.65. The highest BCUT2D eigenvalue weighted by atomic mass is 32.2. The van der Waals surface area contributed by atoms with E-state index >= 15 is 0 Å². The highest BCUT2D eigenvalue weighted by Crippen LogP contribution is 2.26. The van der Waals surface area contributed by atoms with Gasteiger partial charge in [0, 0.05) is 31.6 Å². The third-order valence-electron chi connectivity index (χ3n) is 5.46. The summed E-state index contributed by atoms with van der Waals surface area (Å²) in [6, 6.07) is 6.07. The van der Waals surface area contributed by atoms with Crippen molar-refractivity contribution in [1.29, 1.82) is 0 Å². The van der Waals surface area contributed by atoms with Gasteiger partial charge in [0.15, 0.2) is 5.78 Å². The maximum absolute atomic E-state index is 12.9. The number of aryl methyl sites for hydroxylation is 2. The summed E-state index contributed by atoms with van der Waals surface area (Å²) in [5.74, 6) is -0.553. The Kier molecular flexibility index (Phi) is 5.90. The third kappa shape index (κ3) is 4.25. The van der Waals surface area contributed by atoms with Crippen LogP contribution in [0.2, 0.25) is 0 Å². The number of carbonyl (C=O) groups is 2. The maximum Gasteiger partial charge on any atom is 0.243 e. The molecule has 2 aromatic rings. The number of Topliss-reactive ketones (excluding diaryl/α,β-unsaturated/α-hetero) is 1. The topological polar surface area (TPSA) is 101 Å². The van der Waals surface area contributed by atoms with Crippen molar-refractivity contribution >= 4 is 27.4 Å². The first-order valence-electron chi connectivity index (χ1n) is 9.53. The van der Waals surface area contributed by atoms with Crippen LogP contribution in [0.15, 0.2) is 29.2 Å². The second kappa shape index (κ2) is 8.08. The molecule has 0 radical (unpaired) electrons. The van der Waals surface area contributed by atoms with Crippen LogP contribution in [0.5, 0.6) is 0 Å². The number of aromatic nitrogens is 2. The first-order chi connectivity index (χ1) is 13.6. The summed E-state index contributed by atoms with van der Waals surface area (Å²) < 4.78 is 29.0. The molecule has 0 bridgehead atoms. The number of nitrogens with one attached hydrogen (secondary N) is 1. The van der Waals surface area contributed by atoms with E-state index in [1.165, 1.54) is 23.4 Å². The lowest BCUT2D eigenvalue weighted by Crippen LogP contribution is -2.41. The van der Waals surface area contributed by atoms with Crippen molar-refractivity contribution in [1.82, 2.24) is 14.1 Å². The Bertz CT molecular complexity index is 1050. The highest BCUT2D eigenvalue weighted by molar-refractivity contribution is 7.89. The summed E-state index contributed by atoms with van der Waals surface area (Å²) in [5.41, 5.74) is 2.71. The number of ketones is 1. The number of hydrogen-bond acceptors (Lipinski definition) is 5. The number of benzene rings is 1. The fraction of sp³-hybridized carbons (Fsp3) is 0.450. The van der Waals surface area contributed by atoms with Crippen molar-refractivity contribution < 1.29 is 18.0 Å². The van der Waals surface area contributed by atoms with Crippen LogP contribution >= 0.6 is 0 Å². The van der Waals surface area contributed by atoms with E-state index in [0.717, 1.165) is 11.4 Å². The van der Waals surface area contributed by atoms with E-state index in [1.807, 2.05) is 20.9 Å². The zero-order valence-corrected chi connectivity index (χ0v) is 17.9. The van der Waals surface area contributed by atoms with Gasteiger partial charge in [-0.25, -0.2) is 8.42 Å². The van der Waals surface area contributed by atoms with Crippen molar-refractivity contribution in [2.24, 2.45) is 13.0 Å². The fourth-order valence-corrected chi connectivity index (χ4v) is 5.08. The number of nitrogens with zero attached hydrogens (tertiary/aromatic N) is 3. The van der Waals surface area contributed by atoms with E-state index in [0.29, 0.717) is 24.1 Å². The van der Waals surface area contributed by atoms with Crippen LogP contribution < -0.4 is 5.32 Å². The molecule has 29 heavy (non-hydrogen) atoms. The molecule has 0 aliphatic carbocycles. The molecule has 0 spiro atoms. The van der Waals surface area contributed by atoms with Gasteiger partial charge >= 0.3 is 0 Å². The first-order valence-corrected chi connectivity index (χ1v) is 11.0. The van der Waals surface area contributed by atoms with Crippen LogP contribution in [-0.4, -0.2) is 47.3 Å². The minimum Gasteiger partial charge on any atom is -0.323 e. The summed E-state index contributed by atoms with van der Waals surface area (Å²) >= 11 is 0. The summed E-state index contributed by atoms with van der Waals surface area (Å²) in [6.07, 6.45) is 0.881. The Balaban J connectivity index is 1.67. The number of hydrogen-bond donors (Lipinski definition) is 1. The van der Waals surface area contributed by atoms with Crippen LogP contribution in [0.1, 0.15) is 41.5 Å². The molecule has 2 heterocycles. The smallest absolute Gasteiger partial charge is 0.243 e. The predicted octanol–water partition coefficient (Wildman–Crippen LogP) is 2.28. The molecule has 1 aromatic carbocycles. The van der Waals surface area contributed by atoms with Crippen LogP contribution in [0.25, 0.3) is 0 Å². The largest absolute Gasteiger partial charge is 0.323 e. The number of anilines is 1. The summed E-state index contributed by atoms with van der Waals surface area (Å²) in [5, 5.41) is 7.24. The second-order valence-electron chi connectivity index (χ2n) is 7.42. The molecule has 1 saturated heterocycles. The number of piperidine rings is 1. The van der Waals surface area contributed by atoms with Gasteiger partial charge in [0.25, 0.3) is 0 Å². The zero-order valence-electron chi connectivity index (χ0n) is 17.1. The molecular weight excluding hydrogens is 392 g/mol. The van der Waals surface area contributed by atoms with Gasteiger partial charge in [-0.2, -0.15) is 9.40 Å². The molecule has 3 rings (SSSR count). The Morgan fingerprint density at radius 2 is 1.83 bits per heavy atom. The lowest BCUT2D eigenvalue weighted by Gasteiger charge is -2.30. The maximum atomic E-state index is 12.9. The normalized spacial score (nSPS) is 16.0. The van der Waals surface area contributed by atoms with Crippen LogP contribution in [0.3, 0.4) is 0 Å². The average molecular weight is 419 g/mol. The van der Waals surface area contributed by atoms with Crippen molar-refractivity contribution in [3.05, 3.63) is 41.2 Å². The minimum atomic E-state index is -3.70. The Morgan fingerprint density at radius 1 is 1.17 bits per heavy atom. The number of amides is 1. The quantitative estimate of drug-likeness (QED) is 0.751. The predicted molar refractivity (Wildman–Crippen MR) is 109 cm³/mol. The van der Waals surface area contributed by atoms with E-state index in [4.69, 9.17) is 0 Å². The van der Waals surface area contributed by atoms with Gasteiger partial charge in [-0.1, -0.05) is 12.1 Å². The van der Waals surface area contributed by atoms with Crippen molar-refractivity contribution in [3.8, 4) is 0 Å². The highest BCUT2D eigenvalue weighted by Gasteiger charge is 2.32. The summed E-state index contributed by atoms with van der Waals surface area (Å²) in [4.78, 5) is 24.3. The molecule has 1 aliphatic rings. The third-order valence-corrected chi connectivity index (χ3v) is 7.35. The lowest BCUT2D eigenvalue weighted by molar-refractivity contribution is -0.120. The standard InChI is InChI=1S/C20H26N4O4S/c1-13-19(14(2)23(4)22-13)21-20(26)16-8-10-24(11-9-16)29(27,28)18-7-5-6-17(12-18)15(3)25/h5-7,12,16H,8-11H2,1-4H3,(H,21,26). The molecule has 0 saturated carbocycles. The van der Waals surface area contributed by atoms with Gasteiger partial charge in [0.2, 0.25) is 15.9 Å². The molecule has 0 atom stereocenters. The van der Waals surface area contributed by atoms with Crippen LogP contribution in [0, 0.1) is 19.8 Å². The van der Waals surface area contributed by atoms with Crippen molar-refractivity contribution in [3.63, 3.8) is 0 Å². The van der Waals surface area contributed by atoms with Crippen molar-refractivity contribution in [2.75, 3.05) is 18.4 Å². The molecule has 1 N–H and O–H groups in total. The molecule has 9 heteroatoms.